The molecule has 0 aromatic carbocycles. The van der Waals surface area contributed by atoms with Gasteiger partial charge >= 0.3 is 0 Å². The summed E-state index contributed by atoms with van der Waals surface area (Å²) in [5.41, 5.74) is 0. The molecule has 0 aromatic heterocycles. The summed E-state index contributed by atoms with van der Waals surface area (Å²) < 4.78 is 0. The van der Waals surface area contributed by atoms with E-state index < -0.39 is 0 Å². The second-order valence-electron chi connectivity index (χ2n) is 6.06. The van der Waals surface area contributed by atoms with Crippen LogP contribution in [0.2, 0.25) is 0 Å². The van der Waals surface area contributed by atoms with Crippen molar-refractivity contribution in [2.24, 2.45) is 11.8 Å². The normalized spacial score (nSPS) is 38.3. The summed E-state index contributed by atoms with van der Waals surface area (Å²) in [4.78, 5) is 2.39. The number of aliphatic hydroxyl groups is 1. The molecule has 1 aliphatic heterocycles. The van der Waals surface area contributed by atoms with Crippen molar-refractivity contribution < 1.29 is 5.11 Å². The Morgan fingerprint density at radius 1 is 1.33 bits per heavy atom. The molecule has 2 rings (SSSR count). The molecule has 2 aliphatic rings. The standard InChI is InChI=1S/C15H26N2O/c1-2-4-12-6-7-13(10-16)15(9-12)17-8-3-5-14(18)11-17/h12-15,18H,2-9,11H2,1H3. The van der Waals surface area contributed by atoms with Crippen LogP contribution in [0, 0.1) is 23.2 Å². The van der Waals surface area contributed by atoms with Gasteiger partial charge in [-0.1, -0.05) is 19.8 Å². The maximum Gasteiger partial charge on any atom is 0.0672 e. The van der Waals surface area contributed by atoms with Gasteiger partial charge < -0.3 is 5.11 Å². The van der Waals surface area contributed by atoms with Crippen LogP contribution >= 0.6 is 0 Å². The smallest absolute Gasteiger partial charge is 0.0672 e. The number of nitriles is 1. The second kappa shape index (κ2) is 6.54. The summed E-state index contributed by atoms with van der Waals surface area (Å²) in [7, 11) is 0. The van der Waals surface area contributed by atoms with Gasteiger partial charge in [0, 0.05) is 12.6 Å². The van der Waals surface area contributed by atoms with Crippen molar-refractivity contribution in [3.8, 4) is 6.07 Å². The minimum atomic E-state index is -0.176. The predicted octanol–water partition coefficient (Wildman–Crippen LogP) is 2.55. The number of nitrogens with zero attached hydrogens (tertiary/aromatic N) is 2. The van der Waals surface area contributed by atoms with Crippen molar-refractivity contribution in [1.29, 1.82) is 5.26 Å². The SMILES string of the molecule is CCCC1CCC(C#N)C(N2CCCC(O)C2)C1. The molecular formula is C15H26N2O. The Morgan fingerprint density at radius 3 is 2.83 bits per heavy atom. The highest BCUT2D eigenvalue weighted by molar-refractivity contribution is 4.98. The molecule has 0 radical (unpaired) electrons. The van der Waals surface area contributed by atoms with E-state index in [1.54, 1.807) is 0 Å². The Morgan fingerprint density at radius 2 is 2.17 bits per heavy atom. The van der Waals surface area contributed by atoms with Crippen LogP contribution in [0.3, 0.4) is 0 Å². The van der Waals surface area contributed by atoms with Crippen molar-refractivity contribution in [2.75, 3.05) is 13.1 Å². The number of aliphatic hydroxyl groups excluding tert-OH is 1. The zero-order valence-corrected chi connectivity index (χ0v) is 11.5. The zero-order chi connectivity index (χ0) is 13.0. The van der Waals surface area contributed by atoms with E-state index >= 15 is 0 Å². The van der Waals surface area contributed by atoms with Gasteiger partial charge in [0.15, 0.2) is 0 Å². The Kier molecular flexibility index (Phi) is 5.03. The van der Waals surface area contributed by atoms with E-state index in [0.29, 0.717) is 6.04 Å². The van der Waals surface area contributed by atoms with Crippen LogP contribution in [0.5, 0.6) is 0 Å². The fourth-order valence-corrected chi connectivity index (χ4v) is 3.74. The van der Waals surface area contributed by atoms with E-state index in [9.17, 15) is 10.4 Å². The van der Waals surface area contributed by atoms with Gasteiger partial charge in [-0.05, 0) is 44.6 Å². The van der Waals surface area contributed by atoms with Gasteiger partial charge in [-0.25, -0.2) is 0 Å². The molecule has 3 nitrogen and oxygen atoms in total. The first-order valence-corrected chi connectivity index (χ1v) is 7.56. The first-order chi connectivity index (χ1) is 8.74. The molecule has 1 saturated heterocycles. The fraction of sp³-hybridized carbons (Fsp3) is 0.933. The predicted molar refractivity (Wildman–Crippen MR) is 72.0 cm³/mol. The monoisotopic (exact) mass is 250 g/mol. The van der Waals surface area contributed by atoms with Crippen LogP contribution < -0.4 is 0 Å². The maximum absolute atomic E-state index is 9.81. The maximum atomic E-state index is 9.81. The van der Waals surface area contributed by atoms with Gasteiger partial charge in [0.05, 0.1) is 18.1 Å². The number of hydrogen-bond acceptors (Lipinski definition) is 3. The highest BCUT2D eigenvalue weighted by Gasteiger charge is 2.35. The molecule has 4 unspecified atom stereocenters. The first-order valence-electron chi connectivity index (χ1n) is 7.56. The van der Waals surface area contributed by atoms with E-state index in [1.165, 1.54) is 25.7 Å². The molecule has 4 atom stereocenters. The number of rotatable bonds is 3. The molecule has 3 heteroatoms. The summed E-state index contributed by atoms with van der Waals surface area (Å²) in [5, 5.41) is 19.1. The van der Waals surface area contributed by atoms with Crippen LogP contribution in [0.1, 0.15) is 51.9 Å². The van der Waals surface area contributed by atoms with E-state index in [-0.39, 0.29) is 12.0 Å². The molecule has 102 valence electrons. The average molecular weight is 250 g/mol. The largest absolute Gasteiger partial charge is 0.392 e. The van der Waals surface area contributed by atoms with E-state index in [2.05, 4.69) is 17.9 Å². The molecule has 1 aliphatic carbocycles. The Bertz CT molecular complexity index is 299. The van der Waals surface area contributed by atoms with Crippen molar-refractivity contribution in [3.63, 3.8) is 0 Å². The van der Waals surface area contributed by atoms with E-state index in [1.807, 2.05) is 0 Å². The molecule has 1 N–H and O–H groups in total. The Hall–Kier alpha value is -0.590. The number of hydrogen-bond donors (Lipinski definition) is 1. The molecule has 0 spiro atoms. The fourth-order valence-electron chi connectivity index (χ4n) is 3.74. The molecule has 0 aromatic rings. The number of β-amino-alcohol motifs (C(OH)–C–C–N with tert-alkyl or cyclic N) is 1. The van der Waals surface area contributed by atoms with E-state index in [4.69, 9.17) is 0 Å². The van der Waals surface area contributed by atoms with Gasteiger partial charge in [0.2, 0.25) is 0 Å². The minimum absolute atomic E-state index is 0.176. The van der Waals surface area contributed by atoms with Crippen LogP contribution in [0.4, 0.5) is 0 Å². The van der Waals surface area contributed by atoms with Crippen LogP contribution in [-0.2, 0) is 0 Å². The lowest BCUT2D eigenvalue weighted by Crippen LogP contribution is -2.49. The second-order valence-corrected chi connectivity index (χ2v) is 6.06. The Labute approximate surface area is 111 Å². The van der Waals surface area contributed by atoms with Crippen LogP contribution in [-0.4, -0.2) is 35.2 Å². The molecule has 0 amide bonds. The molecule has 2 fully saturated rings. The molecule has 0 bridgehead atoms. The van der Waals surface area contributed by atoms with Crippen molar-refractivity contribution in [3.05, 3.63) is 0 Å². The third kappa shape index (κ3) is 3.24. The lowest BCUT2D eigenvalue weighted by molar-refractivity contribution is 0.0159. The first kappa shape index (κ1) is 13.8. The molecular weight excluding hydrogens is 224 g/mol. The van der Waals surface area contributed by atoms with Gasteiger partial charge in [0.25, 0.3) is 0 Å². The van der Waals surface area contributed by atoms with E-state index in [0.717, 1.165) is 38.3 Å². The third-order valence-corrected chi connectivity index (χ3v) is 4.68. The van der Waals surface area contributed by atoms with Crippen molar-refractivity contribution in [2.45, 2.75) is 64.0 Å². The molecule has 18 heavy (non-hydrogen) atoms. The van der Waals surface area contributed by atoms with Crippen molar-refractivity contribution >= 4 is 0 Å². The van der Waals surface area contributed by atoms with Gasteiger partial charge in [-0.2, -0.15) is 5.26 Å². The van der Waals surface area contributed by atoms with Crippen LogP contribution in [0.15, 0.2) is 0 Å². The molecule has 1 heterocycles. The van der Waals surface area contributed by atoms with Crippen molar-refractivity contribution in [1.82, 2.24) is 4.90 Å². The lowest BCUT2D eigenvalue weighted by Gasteiger charge is -2.43. The third-order valence-electron chi connectivity index (χ3n) is 4.68. The number of piperidine rings is 1. The summed E-state index contributed by atoms with van der Waals surface area (Å²) in [6.07, 6.45) is 7.82. The summed E-state index contributed by atoms with van der Waals surface area (Å²) in [5.74, 6) is 0.979. The quantitative estimate of drug-likeness (QED) is 0.837. The number of likely N-dealkylation sites (tertiary alicyclic amines) is 1. The Balaban J connectivity index is 1.99. The van der Waals surface area contributed by atoms with Crippen LogP contribution in [0.25, 0.3) is 0 Å². The summed E-state index contributed by atoms with van der Waals surface area (Å²) in [6.45, 7) is 4.09. The van der Waals surface area contributed by atoms with Gasteiger partial charge in [-0.3, -0.25) is 4.90 Å². The topological polar surface area (TPSA) is 47.3 Å². The summed E-state index contributed by atoms with van der Waals surface area (Å²) >= 11 is 0. The average Bonchev–Trinajstić information content (AvgIpc) is 2.39. The minimum Gasteiger partial charge on any atom is -0.392 e. The molecule has 1 saturated carbocycles. The summed E-state index contributed by atoms with van der Waals surface area (Å²) in [6, 6.07) is 2.90. The zero-order valence-electron chi connectivity index (χ0n) is 11.5. The lowest BCUT2D eigenvalue weighted by atomic mass is 9.76. The highest BCUT2D eigenvalue weighted by atomic mass is 16.3. The van der Waals surface area contributed by atoms with Gasteiger partial charge in [0.1, 0.15) is 0 Å². The van der Waals surface area contributed by atoms with Gasteiger partial charge in [-0.15, -0.1) is 0 Å². The highest BCUT2D eigenvalue weighted by Crippen LogP contribution is 2.35.